The number of furan rings is 1. The van der Waals surface area contributed by atoms with E-state index in [4.69, 9.17) is 13.9 Å². The molecule has 0 fully saturated rings. The van der Waals surface area contributed by atoms with Gasteiger partial charge < -0.3 is 19.2 Å². The SMILES string of the molecule is COc1ncc(NC(=O)c2cc3ccccc3o2)c(OC)n1. The van der Waals surface area contributed by atoms with Crippen molar-refractivity contribution < 1.29 is 18.7 Å². The number of benzene rings is 1. The van der Waals surface area contributed by atoms with Crippen LogP contribution in [0.15, 0.2) is 40.9 Å². The molecule has 7 heteroatoms. The van der Waals surface area contributed by atoms with Gasteiger partial charge in [-0.15, -0.1) is 0 Å². The molecule has 22 heavy (non-hydrogen) atoms. The van der Waals surface area contributed by atoms with Crippen LogP contribution < -0.4 is 14.8 Å². The van der Waals surface area contributed by atoms with Gasteiger partial charge in [0.2, 0.25) is 5.88 Å². The number of nitrogens with one attached hydrogen (secondary N) is 1. The molecule has 2 heterocycles. The Morgan fingerprint density at radius 2 is 2.05 bits per heavy atom. The Kier molecular flexibility index (Phi) is 3.61. The lowest BCUT2D eigenvalue weighted by Crippen LogP contribution is -2.12. The summed E-state index contributed by atoms with van der Waals surface area (Å²) in [4.78, 5) is 20.2. The third-order valence-corrected chi connectivity index (χ3v) is 3.01. The normalized spacial score (nSPS) is 10.5. The number of hydrogen-bond donors (Lipinski definition) is 1. The molecule has 0 unspecified atom stereocenters. The van der Waals surface area contributed by atoms with Crippen molar-refractivity contribution in [2.45, 2.75) is 0 Å². The first-order valence-corrected chi connectivity index (χ1v) is 6.46. The lowest BCUT2D eigenvalue weighted by atomic mass is 10.2. The second-order valence-corrected chi connectivity index (χ2v) is 4.38. The number of hydrogen-bond acceptors (Lipinski definition) is 6. The second kappa shape index (κ2) is 5.72. The monoisotopic (exact) mass is 299 g/mol. The zero-order valence-electron chi connectivity index (χ0n) is 12.0. The average Bonchev–Trinajstić information content (AvgIpc) is 2.99. The molecule has 0 atom stereocenters. The lowest BCUT2D eigenvalue weighted by Gasteiger charge is -2.08. The second-order valence-electron chi connectivity index (χ2n) is 4.38. The zero-order valence-corrected chi connectivity index (χ0v) is 12.0. The Morgan fingerprint density at radius 3 is 2.77 bits per heavy atom. The summed E-state index contributed by atoms with van der Waals surface area (Å²) in [7, 11) is 2.89. The standard InChI is InChI=1S/C15H13N3O4/c1-20-14-10(8-16-15(18-14)21-2)17-13(19)12-7-9-5-3-4-6-11(9)22-12/h3-8H,1-2H3,(H,17,19). The number of rotatable bonds is 4. The summed E-state index contributed by atoms with van der Waals surface area (Å²) < 4.78 is 15.5. The van der Waals surface area contributed by atoms with Gasteiger partial charge in [-0.1, -0.05) is 18.2 Å². The molecule has 0 saturated carbocycles. The molecule has 7 nitrogen and oxygen atoms in total. The molecule has 1 aromatic carbocycles. The van der Waals surface area contributed by atoms with E-state index in [1.807, 2.05) is 18.2 Å². The van der Waals surface area contributed by atoms with E-state index in [1.165, 1.54) is 20.4 Å². The average molecular weight is 299 g/mol. The van der Waals surface area contributed by atoms with E-state index in [1.54, 1.807) is 12.1 Å². The zero-order chi connectivity index (χ0) is 15.5. The summed E-state index contributed by atoms with van der Waals surface area (Å²) >= 11 is 0. The third-order valence-electron chi connectivity index (χ3n) is 3.01. The maximum absolute atomic E-state index is 12.3. The number of ether oxygens (including phenoxy) is 2. The van der Waals surface area contributed by atoms with Crippen molar-refractivity contribution in [2.24, 2.45) is 0 Å². The highest BCUT2D eigenvalue weighted by molar-refractivity contribution is 6.05. The van der Waals surface area contributed by atoms with Crippen molar-refractivity contribution in [3.63, 3.8) is 0 Å². The predicted molar refractivity (Wildman–Crippen MR) is 79.3 cm³/mol. The fourth-order valence-corrected chi connectivity index (χ4v) is 1.97. The van der Waals surface area contributed by atoms with Gasteiger partial charge in [-0.2, -0.15) is 4.98 Å². The summed E-state index contributed by atoms with van der Waals surface area (Å²) in [5.41, 5.74) is 0.972. The van der Waals surface area contributed by atoms with Gasteiger partial charge in [-0.05, 0) is 12.1 Å². The number of carbonyl (C=O) groups is 1. The Hall–Kier alpha value is -3.09. The molecule has 3 aromatic rings. The Morgan fingerprint density at radius 1 is 1.23 bits per heavy atom. The summed E-state index contributed by atoms with van der Waals surface area (Å²) in [6.45, 7) is 0. The molecule has 0 saturated heterocycles. The van der Waals surface area contributed by atoms with Crippen LogP contribution >= 0.6 is 0 Å². The number of nitrogens with zero attached hydrogens (tertiary/aromatic N) is 2. The molecule has 1 amide bonds. The van der Waals surface area contributed by atoms with Gasteiger partial charge in [-0.3, -0.25) is 4.79 Å². The Labute approximate surface area is 125 Å². The molecule has 0 aliphatic heterocycles. The van der Waals surface area contributed by atoms with Crippen LogP contribution in [0.25, 0.3) is 11.0 Å². The van der Waals surface area contributed by atoms with Crippen LogP contribution in [0.5, 0.6) is 11.9 Å². The van der Waals surface area contributed by atoms with Crippen molar-refractivity contribution >= 4 is 22.6 Å². The largest absolute Gasteiger partial charge is 0.479 e. The molecule has 112 valence electrons. The maximum Gasteiger partial charge on any atom is 0.319 e. The van der Waals surface area contributed by atoms with Crippen molar-refractivity contribution in [2.75, 3.05) is 19.5 Å². The predicted octanol–water partition coefficient (Wildman–Crippen LogP) is 2.49. The lowest BCUT2D eigenvalue weighted by molar-refractivity contribution is 0.0998. The van der Waals surface area contributed by atoms with Gasteiger partial charge in [0.1, 0.15) is 11.3 Å². The van der Waals surface area contributed by atoms with Gasteiger partial charge in [0.15, 0.2) is 5.76 Å². The van der Waals surface area contributed by atoms with Gasteiger partial charge >= 0.3 is 6.01 Å². The van der Waals surface area contributed by atoms with Gasteiger partial charge in [0, 0.05) is 5.39 Å². The number of aromatic nitrogens is 2. The summed E-state index contributed by atoms with van der Waals surface area (Å²) in [5, 5.41) is 3.50. The smallest absolute Gasteiger partial charge is 0.319 e. The van der Waals surface area contributed by atoms with Crippen LogP contribution in [-0.2, 0) is 0 Å². The van der Waals surface area contributed by atoms with E-state index in [2.05, 4.69) is 15.3 Å². The van der Waals surface area contributed by atoms with Crippen molar-refractivity contribution in [3.8, 4) is 11.9 Å². The quantitative estimate of drug-likeness (QED) is 0.796. The number of amides is 1. The minimum Gasteiger partial charge on any atom is -0.479 e. The fraction of sp³-hybridized carbons (Fsp3) is 0.133. The highest BCUT2D eigenvalue weighted by Gasteiger charge is 2.16. The Bertz CT molecular complexity index is 796. The number of para-hydroxylation sites is 1. The first kappa shape index (κ1) is 13.9. The van der Waals surface area contributed by atoms with Crippen LogP contribution in [0.4, 0.5) is 5.69 Å². The van der Waals surface area contributed by atoms with E-state index in [0.717, 1.165) is 5.39 Å². The van der Waals surface area contributed by atoms with Crippen molar-refractivity contribution in [1.82, 2.24) is 9.97 Å². The van der Waals surface area contributed by atoms with Crippen molar-refractivity contribution in [1.29, 1.82) is 0 Å². The molecular weight excluding hydrogens is 286 g/mol. The van der Waals surface area contributed by atoms with E-state index in [0.29, 0.717) is 11.3 Å². The van der Waals surface area contributed by atoms with Crippen LogP contribution in [0.1, 0.15) is 10.6 Å². The molecule has 2 aromatic heterocycles. The number of methoxy groups -OCH3 is 2. The molecule has 3 rings (SSSR count). The van der Waals surface area contributed by atoms with Crippen LogP contribution in [-0.4, -0.2) is 30.1 Å². The van der Waals surface area contributed by atoms with Crippen LogP contribution in [0.2, 0.25) is 0 Å². The molecule has 1 N–H and O–H groups in total. The molecule has 0 spiro atoms. The summed E-state index contributed by atoms with van der Waals surface area (Å²) in [6, 6.07) is 9.20. The topological polar surface area (TPSA) is 86.5 Å². The molecular formula is C15H13N3O4. The number of fused-ring (bicyclic) bond motifs is 1. The van der Waals surface area contributed by atoms with Crippen LogP contribution in [0.3, 0.4) is 0 Å². The molecule has 0 aliphatic rings. The van der Waals surface area contributed by atoms with Crippen LogP contribution in [0, 0.1) is 0 Å². The maximum atomic E-state index is 12.3. The van der Waals surface area contributed by atoms with E-state index in [9.17, 15) is 4.79 Å². The molecule has 0 aliphatic carbocycles. The molecule has 0 radical (unpaired) electrons. The van der Waals surface area contributed by atoms with Gasteiger partial charge in [0.05, 0.1) is 20.4 Å². The summed E-state index contributed by atoms with van der Waals surface area (Å²) in [5.74, 6) is -0.0151. The summed E-state index contributed by atoms with van der Waals surface area (Å²) in [6.07, 6.45) is 1.41. The highest BCUT2D eigenvalue weighted by Crippen LogP contribution is 2.24. The Balaban J connectivity index is 1.87. The number of carbonyl (C=O) groups excluding carboxylic acids is 1. The third kappa shape index (κ3) is 2.56. The van der Waals surface area contributed by atoms with Gasteiger partial charge in [0.25, 0.3) is 5.91 Å². The first-order chi connectivity index (χ1) is 10.7. The minimum absolute atomic E-state index is 0.151. The van der Waals surface area contributed by atoms with E-state index in [-0.39, 0.29) is 17.7 Å². The van der Waals surface area contributed by atoms with Crippen molar-refractivity contribution in [3.05, 3.63) is 42.3 Å². The fourth-order valence-electron chi connectivity index (χ4n) is 1.97. The van der Waals surface area contributed by atoms with Gasteiger partial charge in [-0.25, -0.2) is 4.98 Å². The molecule has 0 bridgehead atoms. The van der Waals surface area contributed by atoms with E-state index < -0.39 is 5.91 Å². The highest BCUT2D eigenvalue weighted by atomic mass is 16.5. The van der Waals surface area contributed by atoms with E-state index >= 15 is 0 Å². The first-order valence-electron chi connectivity index (χ1n) is 6.46. The number of anilines is 1. The minimum atomic E-state index is -0.414.